The van der Waals surface area contributed by atoms with Crippen molar-refractivity contribution >= 4 is 28.8 Å². The molecule has 2 N–H and O–H groups in total. The molecule has 0 aliphatic heterocycles. The van der Waals surface area contributed by atoms with Crippen LogP contribution in [0.15, 0.2) is 66.0 Å². The minimum absolute atomic E-state index is 0.199. The fraction of sp³-hybridized carbons (Fsp3) is 0.0500. The molecule has 0 atom stereocenters. The lowest BCUT2D eigenvalue weighted by Crippen LogP contribution is -2.23. The van der Waals surface area contributed by atoms with Crippen molar-refractivity contribution < 1.29 is 9.59 Å². The monoisotopic (exact) mass is 361 g/mol. The summed E-state index contributed by atoms with van der Waals surface area (Å²) in [5.74, 6) is -0.434. The SMILES string of the molecule is N#Cc1ccc(CNC(=O)c2cccc(NC(=O)c3cccs3)c2)cc1. The fourth-order valence-corrected chi connectivity index (χ4v) is 2.94. The van der Waals surface area contributed by atoms with Crippen LogP contribution in [-0.2, 0) is 6.54 Å². The fourth-order valence-electron chi connectivity index (χ4n) is 2.32. The lowest BCUT2D eigenvalue weighted by Gasteiger charge is -2.08. The zero-order chi connectivity index (χ0) is 18.4. The smallest absolute Gasteiger partial charge is 0.265 e. The first-order valence-electron chi connectivity index (χ1n) is 7.88. The molecule has 0 radical (unpaired) electrons. The normalized spacial score (nSPS) is 9.96. The number of anilines is 1. The predicted octanol–water partition coefficient (Wildman–Crippen LogP) is 3.80. The van der Waals surface area contributed by atoms with Crippen molar-refractivity contribution in [1.29, 1.82) is 5.26 Å². The zero-order valence-electron chi connectivity index (χ0n) is 13.7. The van der Waals surface area contributed by atoms with E-state index < -0.39 is 0 Å². The van der Waals surface area contributed by atoms with Gasteiger partial charge in [0.2, 0.25) is 0 Å². The van der Waals surface area contributed by atoms with Crippen LogP contribution in [0.25, 0.3) is 0 Å². The quantitative estimate of drug-likeness (QED) is 0.725. The number of hydrogen-bond acceptors (Lipinski definition) is 4. The lowest BCUT2D eigenvalue weighted by atomic mass is 10.1. The van der Waals surface area contributed by atoms with Gasteiger partial charge in [0, 0.05) is 17.8 Å². The molecule has 0 saturated heterocycles. The molecule has 0 saturated carbocycles. The van der Waals surface area contributed by atoms with Gasteiger partial charge in [0.15, 0.2) is 0 Å². The molecule has 0 fully saturated rings. The third-order valence-corrected chi connectivity index (χ3v) is 4.53. The number of nitrogens with one attached hydrogen (secondary N) is 2. The summed E-state index contributed by atoms with van der Waals surface area (Å²) in [5, 5.41) is 16.2. The van der Waals surface area contributed by atoms with Gasteiger partial charge in [0.05, 0.1) is 16.5 Å². The second-order valence-electron chi connectivity index (χ2n) is 5.50. The van der Waals surface area contributed by atoms with Crippen LogP contribution in [0.3, 0.4) is 0 Å². The van der Waals surface area contributed by atoms with Gasteiger partial charge >= 0.3 is 0 Å². The first kappa shape index (κ1) is 17.4. The Labute approximate surface area is 154 Å². The van der Waals surface area contributed by atoms with Crippen LogP contribution in [0.5, 0.6) is 0 Å². The minimum Gasteiger partial charge on any atom is -0.348 e. The van der Waals surface area contributed by atoms with Gasteiger partial charge < -0.3 is 10.6 Å². The van der Waals surface area contributed by atoms with Crippen molar-refractivity contribution in [2.75, 3.05) is 5.32 Å². The Balaban J connectivity index is 1.62. The number of rotatable bonds is 5. The van der Waals surface area contributed by atoms with Crippen molar-refractivity contribution in [3.63, 3.8) is 0 Å². The Morgan fingerprint density at radius 3 is 2.50 bits per heavy atom. The standard InChI is InChI=1S/C20H15N3O2S/c21-12-14-6-8-15(9-7-14)13-22-19(24)16-3-1-4-17(11-16)23-20(25)18-5-2-10-26-18/h1-11H,13H2,(H,22,24)(H,23,25). The predicted molar refractivity (Wildman–Crippen MR) is 101 cm³/mol. The largest absolute Gasteiger partial charge is 0.348 e. The molecule has 1 heterocycles. The Morgan fingerprint density at radius 1 is 1.00 bits per heavy atom. The number of thiophene rings is 1. The highest BCUT2D eigenvalue weighted by atomic mass is 32.1. The van der Waals surface area contributed by atoms with Gasteiger partial charge in [0.25, 0.3) is 11.8 Å². The van der Waals surface area contributed by atoms with Gasteiger partial charge in [0.1, 0.15) is 0 Å². The number of carbonyl (C=O) groups is 2. The van der Waals surface area contributed by atoms with Crippen molar-refractivity contribution in [2.24, 2.45) is 0 Å². The lowest BCUT2D eigenvalue weighted by molar-refractivity contribution is 0.0949. The maximum Gasteiger partial charge on any atom is 0.265 e. The van der Waals surface area contributed by atoms with E-state index in [0.29, 0.717) is 28.2 Å². The zero-order valence-corrected chi connectivity index (χ0v) is 14.5. The second kappa shape index (κ2) is 8.10. The van der Waals surface area contributed by atoms with Crippen LogP contribution < -0.4 is 10.6 Å². The molecule has 3 aromatic rings. The van der Waals surface area contributed by atoms with E-state index in [1.807, 2.05) is 11.4 Å². The molecule has 0 bridgehead atoms. The summed E-state index contributed by atoms with van der Waals surface area (Å²) in [5.41, 5.74) is 2.51. The van der Waals surface area contributed by atoms with Crippen LogP contribution >= 0.6 is 11.3 Å². The molecule has 2 amide bonds. The van der Waals surface area contributed by atoms with Gasteiger partial charge in [-0.15, -0.1) is 11.3 Å². The molecule has 2 aromatic carbocycles. The summed E-state index contributed by atoms with van der Waals surface area (Å²) in [6, 6.07) is 19.4. The molecule has 0 aliphatic rings. The van der Waals surface area contributed by atoms with Crippen molar-refractivity contribution in [3.8, 4) is 6.07 Å². The number of nitriles is 1. The molecular formula is C20H15N3O2S. The van der Waals surface area contributed by atoms with Gasteiger partial charge in [-0.2, -0.15) is 5.26 Å². The van der Waals surface area contributed by atoms with E-state index in [1.54, 1.807) is 54.6 Å². The highest BCUT2D eigenvalue weighted by molar-refractivity contribution is 7.12. The molecule has 128 valence electrons. The van der Waals surface area contributed by atoms with E-state index in [2.05, 4.69) is 16.7 Å². The van der Waals surface area contributed by atoms with Crippen molar-refractivity contribution in [2.45, 2.75) is 6.54 Å². The highest BCUT2D eigenvalue weighted by Crippen LogP contribution is 2.15. The molecule has 3 rings (SSSR count). The average Bonchev–Trinajstić information content (AvgIpc) is 3.22. The molecule has 0 unspecified atom stereocenters. The van der Waals surface area contributed by atoms with Crippen molar-refractivity contribution in [1.82, 2.24) is 5.32 Å². The van der Waals surface area contributed by atoms with E-state index in [4.69, 9.17) is 5.26 Å². The Bertz CT molecular complexity index is 957. The Hall–Kier alpha value is -3.43. The van der Waals surface area contributed by atoms with Gasteiger partial charge in [-0.3, -0.25) is 9.59 Å². The molecular weight excluding hydrogens is 346 g/mol. The van der Waals surface area contributed by atoms with Gasteiger partial charge in [-0.25, -0.2) is 0 Å². The number of hydrogen-bond donors (Lipinski definition) is 2. The third kappa shape index (κ3) is 4.35. The third-order valence-electron chi connectivity index (χ3n) is 3.66. The van der Waals surface area contributed by atoms with Gasteiger partial charge in [-0.1, -0.05) is 24.3 Å². The summed E-state index contributed by atoms with van der Waals surface area (Å²) < 4.78 is 0. The summed E-state index contributed by atoms with van der Waals surface area (Å²) >= 11 is 1.36. The molecule has 0 spiro atoms. The topological polar surface area (TPSA) is 82.0 Å². The van der Waals surface area contributed by atoms with Crippen LogP contribution in [0.4, 0.5) is 5.69 Å². The summed E-state index contributed by atoms with van der Waals surface area (Å²) in [6.07, 6.45) is 0. The maximum absolute atomic E-state index is 12.3. The summed E-state index contributed by atoms with van der Waals surface area (Å²) in [7, 11) is 0. The molecule has 5 nitrogen and oxygen atoms in total. The van der Waals surface area contributed by atoms with E-state index >= 15 is 0 Å². The number of carbonyl (C=O) groups excluding carboxylic acids is 2. The van der Waals surface area contributed by atoms with Crippen LogP contribution in [-0.4, -0.2) is 11.8 Å². The van der Waals surface area contributed by atoms with Crippen LogP contribution in [0.2, 0.25) is 0 Å². The van der Waals surface area contributed by atoms with Crippen LogP contribution in [0, 0.1) is 11.3 Å². The highest BCUT2D eigenvalue weighted by Gasteiger charge is 2.10. The number of nitrogens with zero attached hydrogens (tertiary/aromatic N) is 1. The molecule has 1 aromatic heterocycles. The van der Waals surface area contributed by atoms with Gasteiger partial charge in [-0.05, 0) is 47.3 Å². The summed E-state index contributed by atoms with van der Waals surface area (Å²) in [6.45, 7) is 0.357. The average molecular weight is 361 g/mol. The first-order valence-corrected chi connectivity index (χ1v) is 8.76. The first-order chi connectivity index (χ1) is 12.7. The Morgan fingerprint density at radius 2 is 1.81 bits per heavy atom. The molecule has 0 aliphatic carbocycles. The maximum atomic E-state index is 12.3. The van der Waals surface area contributed by atoms with E-state index in [0.717, 1.165) is 5.56 Å². The Kier molecular flexibility index (Phi) is 5.42. The molecule has 26 heavy (non-hydrogen) atoms. The number of amides is 2. The minimum atomic E-state index is -0.235. The number of benzene rings is 2. The van der Waals surface area contributed by atoms with Crippen LogP contribution in [0.1, 0.15) is 31.2 Å². The van der Waals surface area contributed by atoms with Crippen molar-refractivity contribution in [3.05, 3.63) is 87.6 Å². The van der Waals surface area contributed by atoms with E-state index in [1.165, 1.54) is 11.3 Å². The second-order valence-corrected chi connectivity index (χ2v) is 6.45. The summed E-state index contributed by atoms with van der Waals surface area (Å²) in [4.78, 5) is 25.0. The van der Waals surface area contributed by atoms with E-state index in [9.17, 15) is 9.59 Å². The molecule has 6 heteroatoms. The van der Waals surface area contributed by atoms with E-state index in [-0.39, 0.29) is 11.8 Å².